The minimum atomic E-state index is -3.45. The molecule has 0 saturated carbocycles. The highest BCUT2D eigenvalue weighted by Gasteiger charge is 2.34. The van der Waals surface area contributed by atoms with Crippen LogP contribution >= 0.6 is 0 Å². The Labute approximate surface area is 165 Å². The number of benzene rings is 1. The fourth-order valence-electron chi connectivity index (χ4n) is 3.31. The van der Waals surface area contributed by atoms with Crippen LogP contribution in [0.2, 0.25) is 0 Å². The van der Waals surface area contributed by atoms with Gasteiger partial charge in [0.25, 0.3) is 0 Å². The number of hydrogen-bond donors (Lipinski definition) is 4. The first-order valence-electron chi connectivity index (χ1n) is 9.33. The fraction of sp³-hybridized carbons (Fsp3) is 0.556. The monoisotopic (exact) mass is 412 g/mol. The van der Waals surface area contributed by atoms with Crippen molar-refractivity contribution in [2.45, 2.75) is 37.8 Å². The number of carboxylic acid groups (broad SMARTS) is 1. The van der Waals surface area contributed by atoms with Crippen molar-refractivity contribution in [2.75, 3.05) is 25.4 Å². The van der Waals surface area contributed by atoms with E-state index >= 15 is 0 Å². The molecule has 5 N–H and O–H groups in total. The third kappa shape index (κ3) is 6.77. The van der Waals surface area contributed by atoms with E-state index in [-0.39, 0.29) is 37.2 Å². The van der Waals surface area contributed by atoms with E-state index in [1.54, 1.807) is 4.90 Å². The first-order valence-corrected chi connectivity index (χ1v) is 11.0. The highest BCUT2D eigenvalue weighted by molar-refractivity contribution is 7.89. The average Bonchev–Trinajstić information content (AvgIpc) is 3.13. The van der Waals surface area contributed by atoms with Gasteiger partial charge in [0.05, 0.1) is 5.75 Å². The van der Waals surface area contributed by atoms with Crippen LogP contribution in [0.15, 0.2) is 30.3 Å². The van der Waals surface area contributed by atoms with E-state index in [0.29, 0.717) is 19.4 Å². The first-order chi connectivity index (χ1) is 13.3. The Bertz CT molecular complexity index is 756. The zero-order valence-electron chi connectivity index (χ0n) is 15.7. The number of likely N-dealkylation sites (tertiary alicyclic amines) is 1. The summed E-state index contributed by atoms with van der Waals surface area (Å²) in [5.74, 6) is -0.392. The molecule has 156 valence electrons. The Kier molecular flexibility index (Phi) is 8.21. The predicted octanol–water partition coefficient (Wildman–Crippen LogP) is 0.125. The minimum Gasteiger partial charge on any atom is -0.465 e. The Balaban J connectivity index is 2.04. The van der Waals surface area contributed by atoms with Crippen molar-refractivity contribution in [3.8, 4) is 0 Å². The summed E-state index contributed by atoms with van der Waals surface area (Å²) in [5.41, 5.74) is 6.19. The van der Waals surface area contributed by atoms with Crippen LogP contribution < -0.4 is 15.8 Å². The molecule has 1 aliphatic heterocycles. The Morgan fingerprint density at radius 3 is 2.64 bits per heavy atom. The number of carbonyl (C=O) groups excluding carboxylic acids is 1. The summed E-state index contributed by atoms with van der Waals surface area (Å²) in [4.78, 5) is 25.8. The molecule has 10 heteroatoms. The number of amides is 2. The Morgan fingerprint density at radius 1 is 1.29 bits per heavy atom. The molecule has 0 aliphatic carbocycles. The summed E-state index contributed by atoms with van der Waals surface area (Å²) >= 11 is 0. The molecule has 0 radical (unpaired) electrons. The smallest absolute Gasteiger partial charge is 0.405 e. The number of rotatable bonds is 10. The van der Waals surface area contributed by atoms with E-state index < -0.39 is 22.2 Å². The molecule has 1 aliphatic rings. The van der Waals surface area contributed by atoms with Crippen molar-refractivity contribution in [2.24, 2.45) is 5.73 Å². The largest absolute Gasteiger partial charge is 0.465 e. The van der Waals surface area contributed by atoms with Gasteiger partial charge in [0.2, 0.25) is 15.9 Å². The third-order valence-electron chi connectivity index (χ3n) is 4.69. The van der Waals surface area contributed by atoms with Gasteiger partial charge in [-0.1, -0.05) is 30.3 Å². The molecule has 28 heavy (non-hydrogen) atoms. The maximum atomic E-state index is 13.0. The molecule has 0 aromatic heterocycles. The minimum absolute atomic E-state index is 0.0542. The molecule has 2 rings (SSSR count). The molecule has 0 spiro atoms. The van der Waals surface area contributed by atoms with Gasteiger partial charge in [-0.3, -0.25) is 4.79 Å². The van der Waals surface area contributed by atoms with Gasteiger partial charge in [-0.25, -0.2) is 17.9 Å². The van der Waals surface area contributed by atoms with E-state index in [0.717, 1.165) is 12.0 Å². The lowest BCUT2D eigenvalue weighted by Crippen LogP contribution is -2.52. The summed E-state index contributed by atoms with van der Waals surface area (Å²) in [5, 5.41) is 11.4. The number of nitrogens with zero attached hydrogens (tertiary/aromatic N) is 1. The van der Waals surface area contributed by atoms with E-state index in [1.807, 2.05) is 30.3 Å². The molecule has 1 saturated heterocycles. The molecule has 9 nitrogen and oxygen atoms in total. The standard InChI is InChI=1S/C18H28N4O5S/c19-9-5-11-28(26,27)20-13-15-8-4-10-22(15)17(23)16(21-18(24)25)12-14-6-2-1-3-7-14/h1-3,6-7,15-16,20-21H,4-5,8-13,19H2,(H,24,25). The highest BCUT2D eigenvalue weighted by atomic mass is 32.2. The van der Waals surface area contributed by atoms with Crippen LogP contribution in [-0.2, 0) is 21.2 Å². The first kappa shape index (κ1) is 22.1. The second-order valence-electron chi connectivity index (χ2n) is 6.83. The van der Waals surface area contributed by atoms with Gasteiger partial charge in [0.15, 0.2) is 0 Å². The van der Waals surface area contributed by atoms with Crippen molar-refractivity contribution in [3.63, 3.8) is 0 Å². The maximum absolute atomic E-state index is 13.0. The van der Waals surface area contributed by atoms with Crippen molar-refractivity contribution < 1.29 is 23.1 Å². The molecule has 1 aromatic carbocycles. The maximum Gasteiger partial charge on any atom is 0.405 e. The molecule has 0 bridgehead atoms. The topological polar surface area (TPSA) is 142 Å². The number of nitrogens with two attached hydrogens (primary N) is 1. The third-order valence-corrected chi connectivity index (χ3v) is 6.13. The summed E-state index contributed by atoms with van der Waals surface area (Å²) in [6.45, 7) is 0.876. The second kappa shape index (κ2) is 10.4. The quantitative estimate of drug-likeness (QED) is 0.430. The van der Waals surface area contributed by atoms with E-state index in [4.69, 9.17) is 10.8 Å². The van der Waals surface area contributed by atoms with E-state index in [1.165, 1.54) is 0 Å². The molecule has 2 amide bonds. The number of hydrogen-bond acceptors (Lipinski definition) is 5. The molecular weight excluding hydrogens is 384 g/mol. The zero-order chi connectivity index (χ0) is 20.6. The lowest BCUT2D eigenvalue weighted by atomic mass is 10.0. The molecule has 1 fully saturated rings. The lowest BCUT2D eigenvalue weighted by molar-refractivity contribution is -0.134. The van der Waals surface area contributed by atoms with Crippen LogP contribution in [0.25, 0.3) is 0 Å². The van der Waals surface area contributed by atoms with E-state index in [2.05, 4.69) is 10.0 Å². The van der Waals surface area contributed by atoms with Crippen molar-refractivity contribution in [1.82, 2.24) is 14.9 Å². The number of sulfonamides is 1. The van der Waals surface area contributed by atoms with Gasteiger partial charge in [-0.05, 0) is 31.4 Å². The lowest BCUT2D eigenvalue weighted by Gasteiger charge is -2.29. The molecule has 2 unspecified atom stereocenters. The van der Waals surface area contributed by atoms with Gasteiger partial charge >= 0.3 is 6.09 Å². The predicted molar refractivity (Wildman–Crippen MR) is 105 cm³/mol. The van der Waals surface area contributed by atoms with Crippen LogP contribution in [0.5, 0.6) is 0 Å². The number of carbonyl (C=O) groups is 2. The summed E-state index contributed by atoms with van der Waals surface area (Å²) in [6.07, 6.45) is 0.733. The van der Waals surface area contributed by atoms with Crippen LogP contribution in [0, 0.1) is 0 Å². The molecule has 2 atom stereocenters. The second-order valence-corrected chi connectivity index (χ2v) is 8.76. The van der Waals surface area contributed by atoms with Crippen molar-refractivity contribution >= 4 is 22.0 Å². The summed E-state index contributed by atoms with van der Waals surface area (Å²) < 4.78 is 26.5. The number of nitrogens with one attached hydrogen (secondary N) is 2. The average molecular weight is 413 g/mol. The van der Waals surface area contributed by atoms with E-state index in [9.17, 15) is 18.0 Å². The van der Waals surface area contributed by atoms with Crippen LogP contribution in [0.3, 0.4) is 0 Å². The summed E-state index contributed by atoms with van der Waals surface area (Å²) in [7, 11) is -3.45. The highest BCUT2D eigenvalue weighted by Crippen LogP contribution is 2.19. The van der Waals surface area contributed by atoms with Crippen LogP contribution in [0.4, 0.5) is 4.79 Å². The summed E-state index contributed by atoms with van der Waals surface area (Å²) in [6, 6.07) is 7.94. The van der Waals surface area contributed by atoms with Crippen LogP contribution in [-0.4, -0.2) is 67.9 Å². The Morgan fingerprint density at radius 2 is 2.00 bits per heavy atom. The van der Waals surface area contributed by atoms with Gasteiger partial charge in [0, 0.05) is 25.6 Å². The van der Waals surface area contributed by atoms with Crippen molar-refractivity contribution in [1.29, 1.82) is 0 Å². The van der Waals surface area contributed by atoms with Gasteiger partial charge in [0.1, 0.15) is 6.04 Å². The van der Waals surface area contributed by atoms with Gasteiger partial charge < -0.3 is 21.1 Å². The van der Waals surface area contributed by atoms with Crippen LogP contribution in [0.1, 0.15) is 24.8 Å². The molecule has 1 aromatic rings. The molecule has 1 heterocycles. The van der Waals surface area contributed by atoms with Gasteiger partial charge in [-0.2, -0.15) is 0 Å². The Hall–Kier alpha value is -2.17. The fourth-order valence-corrected chi connectivity index (χ4v) is 4.44. The zero-order valence-corrected chi connectivity index (χ0v) is 16.5. The van der Waals surface area contributed by atoms with Crippen molar-refractivity contribution in [3.05, 3.63) is 35.9 Å². The molecular formula is C18H28N4O5S. The SMILES string of the molecule is NCCCS(=O)(=O)NCC1CCCN1C(=O)C(Cc1ccccc1)NC(=O)O. The van der Waals surface area contributed by atoms with Gasteiger partial charge in [-0.15, -0.1) is 0 Å². The normalized spacial score (nSPS) is 18.0.